The first-order chi connectivity index (χ1) is 5.42. The Bertz CT molecular complexity index is 260. The summed E-state index contributed by atoms with van der Waals surface area (Å²) in [5.41, 5.74) is 4.07. The van der Waals surface area contributed by atoms with Gasteiger partial charge in [0.25, 0.3) is 0 Å². The topological polar surface area (TPSA) is 51.1 Å². The third-order valence-corrected chi connectivity index (χ3v) is 1.81. The maximum atomic E-state index is 8.70. The van der Waals surface area contributed by atoms with E-state index in [1.54, 1.807) is 0 Å². The number of rotatable bonds is 0. The van der Waals surface area contributed by atoms with E-state index >= 15 is 0 Å². The van der Waals surface area contributed by atoms with Gasteiger partial charge in [-0.25, -0.2) is 5.43 Å². The predicted molar refractivity (Wildman–Crippen MR) is 39.3 cm³/mol. The van der Waals surface area contributed by atoms with Gasteiger partial charge in [0.1, 0.15) is 5.92 Å². The number of nitrogens with zero attached hydrogens (tertiary/aromatic N) is 2. The molecule has 0 amide bonds. The van der Waals surface area contributed by atoms with Crippen LogP contribution in [0.15, 0.2) is 24.3 Å². The van der Waals surface area contributed by atoms with Crippen molar-refractivity contribution in [2.45, 2.75) is 0 Å². The molecule has 0 saturated carbocycles. The molecule has 4 heteroatoms. The largest absolute Gasteiger partial charge is 0.365 e. The second-order valence-electron chi connectivity index (χ2n) is 2.47. The Morgan fingerprint density at radius 3 is 3.45 bits per heavy atom. The van der Waals surface area contributed by atoms with Crippen molar-refractivity contribution in [1.82, 2.24) is 15.8 Å². The molecule has 0 bridgehead atoms. The molecule has 0 radical (unpaired) electrons. The summed E-state index contributed by atoms with van der Waals surface area (Å²) in [6.07, 6.45) is 5.52. The van der Waals surface area contributed by atoms with E-state index in [9.17, 15) is 0 Å². The highest BCUT2D eigenvalue weighted by Crippen LogP contribution is 2.20. The zero-order valence-electron chi connectivity index (χ0n) is 5.91. The van der Waals surface area contributed by atoms with Crippen LogP contribution in [0.4, 0.5) is 0 Å². The second-order valence-corrected chi connectivity index (χ2v) is 2.47. The molecule has 0 aromatic heterocycles. The maximum absolute atomic E-state index is 8.70. The number of hydrogen-bond acceptors (Lipinski definition) is 4. The van der Waals surface area contributed by atoms with Crippen molar-refractivity contribution in [3.63, 3.8) is 0 Å². The number of nitrogens with one attached hydrogen (secondary N) is 2. The molecule has 0 spiro atoms. The van der Waals surface area contributed by atoms with Crippen molar-refractivity contribution in [2.24, 2.45) is 5.92 Å². The molecule has 2 N–H and O–H groups in total. The third kappa shape index (κ3) is 0.863. The van der Waals surface area contributed by atoms with E-state index in [-0.39, 0.29) is 5.92 Å². The van der Waals surface area contributed by atoms with Crippen LogP contribution >= 0.6 is 0 Å². The Labute approximate surface area is 64.8 Å². The van der Waals surface area contributed by atoms with Crippen molar-refractivity contribution >= 4 is 0 Å². The summed E-state index contributed by atoms with van der Waals surface area (Å²) in [7, 11) is 0. The summed E-state index contributed by atoms with van der Waals surface area (Å²) >= 11 is 0. The lowest BCUT2D eigenvalue weighted by atomic mass is 10.1. The zero-order chi connectivity index (χ0) is 7.68. The molecule has 1 saturated heterocycles. The summed E-state index contributed by atoms with van der Waals surface area (Å²) < 4.78 is 0. The Kier molecular flexibility index (Phi) is 1.30. The maximum Gasteiger partial charge on any atom is 0.104 e. The molecular formula is C7H8N4. The van der Waals surface area contributed by atoms with Gasteiger partial charge in [0, 0.05) is 25.1 Å². The van der Waals surface area contributed by atoms with Crippen molar-refractivity contribution < 1.29 is 0 Å². The first-order valence-electron chi connectivity index (χ1n) is 3.47. The fraction of sp³-hybridized carbons (Fsp3) is 0.286. The van der Waals surface area contributed by atoms with Gasteiger partial charge in [-0.3, -0.25) is 5.01 Å². The monoisotopic (exact) mass is 148 g/mol. The van der Waals surface area contributed by atoms with Crippen LogP contribution in [-0.2, 0) is 0 Å². The normalized spacial score (nSPS) is 27.0. The molecule has 1 fully saturated rings. The molecule has 1 atom stereocenters. The highest BCUT2D eigenvalue weighted by atomic mass is 15.5. The quantitative estimate of drug-likeness (QED) is 0.502. The summed E-state index contributed by atoms with van der Waals surface area (Å²) in [6, 6.07) is 2.22. The molecule has 0 aliphatic carbocycles. The van der Waals surface area contributed by atoms with Crippen molar-refractivity contribution in [1.29, 1.82) is 5.26 Å². The van der Waals surface area contributed by atoms with E-state index in [4.69, 9.17) is 5.26 Å². The summed E-state index contributed by atoms with van der Waals surface area (Å²) in [6.45, 7) is 0.703. The molecule has 2 aliphatic heterocycles. The van der Waals surface area contributed by atoms with E-state index in [0.717, 1.165) is 5.70 Å². The zero-order valence-corrected chi connectivity index (χ0v) is 5.91. The van der Waals surface area contributed by atoms with Crippen LogP contribution in [0.25, 0.3) is 0 Å². The highest BCUT2D eigenvalue weighted by molar-refractivity contribution is 5.21. The van der Waals surface area contributed by atoms with Gasteiger partial charge in [0.15, 0.2) is 0 Å². The molecule has 2 aliphatic rings. The fourth-order valence-electron chi connectivity index (χ4n) is 1.23. The summed E-state index contributed by atoms with van der Waals surface area (Å²) in [5, 5.41) is 13.5. The van der Waals surface area contributed by atoms with Crippen LogP contribution in [0, 0.1) is 17.2 Å². The molecule has 2 heterocycles. The van der Waals surface area contributed by atoms with Gasteiger partial charge in [0.2, 0.25) is 0 Å². The Morgan fingerprint density at radius 1 is 1.73 bits per heavy atom. The number of hydrogen-bond donors (Lipinski definition) is 2. The van der Waals surface area contributed by atoms with Crippen molar-refractivity contribution in [3.05, 3.63) is 24.3 Å². The minimum absolute atomic E-state index is 0.0209. The smallest absolute Gasteiger partial charge is 0.104 e. The summed E-state index contributed by atoms with van der Waals surface area (Å²) in [5.74, 6) is -0.0209. The Hall–Kier alpha value is -1.47. The predicted octanol–water partition coefficient (Wildman–Crippen LogP) is -0.138. The first kappa shape index (κ1) is 6.25. The molecule has 0 aromatic rings. The van der Waals surface area contributed by atoms with Crippen molar-refractivity contribution in [2.75, 3.05) is 6.54 Å². The Morgan fingerprint density at radius 2 is 2.64 bits per heavy atom. The fourth-order valence-corrected chi connectivity index (χ4v) is 1.23. The molecule has 56 valence electrons. The average Bonchev–Trinajstić information content (AvgIpc) is 2.47. The van der Waals surface area contributed by atoms with E-state index in [1.165, 1.54) is 0 Å². The second kappa shape index (κ2) is 2.29. The van der Waals surface area contributed by atoms with Crippen LogP contribution in [0.5, 0.6) is 0 Å². The average molecular weight is 148 g/mol. The first-order valence-corrected chi connectivity index (χ1v) is 3.47. The van der Waals surface area contributed by atoms with Gasteiger partial charge < -0.3 is 5.32 Å². The molecule has 2 rings (SSSR count). The van der Waals surface area contributed by atoms with Crippen LogP contribution < -0.4 is 10.7 Å². The molecule has 0 aromatic carbocycles. The molecule has 4 nitrogen and oxygen atoms in total. The third-order valence-electron chi connectivity index (χ3n) is 1.81. The number of hydrazine groups is 1. The van der Waals surface area contributed by atoms with Crippen molar-refractivity contribution in [3.8, 4) is 6.07 Å². The van der Waals surface area contributed by atoms with Crippen LogP contribution in [-0.4, -0.2) is 11.6 Å². The summed E-state index contributed by atoms with van der Waals surface area (Å²) in [4.78, 5) is 0. The van der Waals surface area contributed by atoms with Crippen LogP contribution in [0.2, 0.25) is 0 Å². The van der Waals surface area contributed by atoms with E-state index in [0.29, 0.717) is 6.54 Å². The SMILES string of the molecule is N#CC1CNN2C=CNC=C12. The molecule has 1 unspecified atom stereocenters. The van der Waals surface area contributed by atoms with Gasteiger partial charge >= 0.3 is 0 Å². The van der Waals surface area contributed by atoms with Gasteiger partial charge in [-0.05, 0) is 0 Å². The van der Waals surface area contributed by atoms with E-state index in [1.807, 2.05) is 23.6 Å². The minimum Gasteiger partial charge on any atom is -0.365 e. The van der Waals surface area contributed by atoms with Crippen LogP contribution in [0.3, 0.4) is 0 Å². The molecular weight excluding hydrogens is 140 g/mol. The lowest BCUT2D eigenvalue weighted by Crippen LogP contribution is -2.26. The number of nitriles is 1. The molecule has 11 heavy (non-hydrogen) atoms. The highest BCUT2D eigenvalue weighted by Gasteiger charge is 2.26. The lowest BCUT2D eigenvalue weighted by molar-refractivity contribution is 0.399. The van der Waals surface area contributed by atoms with E-state index in [2.05, 4.69) is 16.8 Å². The minimum atomic E-state index is -0.0209. The Balaban J connectivity index is 2.25. The van der Waals surface area contributed by atoms with Crippen LogP contribution in [0.1, 0.15) is 0 Å². The lowest BCUT2D eigenvalue weighted by Gasteiger charge is -2.18. The van der Waals surface area contributed by atoms with Gasteiger partial charge in [-0.2, -0.15) is 5.26 Å². The van der Waals surface area contributed by atoms with Gasteiger partial charge in [-0.1, -0.05) is 0 Å². The van der Waals surface area contributed by atoms with E-state index < -0.39 is 0 Å². The van der Waals surface area contributed by atoms with Gasteiger partial charge in [-0.15, -0.1) is 0 Å². The standard InChI is InChI=1S/C7H8N4/c8-3-6-4-10-11-2-1-9-5-7(6)11/h1-2,5-6,9-10H,4H2. The van der Waals surface area contributed by atoms with Gasteiger partial charge in [0.05, 0.1) is 11.8 Å². The number of fused-ring (bicyclic) bond motifs is 1.